The summed E-state index contributed by atoms with van der Waals surface area (Å²) in [4.78, 5) is 32.7. The number of hydrogen-bond acceptors (Lipinski definition) is 4. The SMILES string of the molecule is O=C(Nc1cc(-c2ccccc2)ccc1C(=O)O)c1cncc(-c2cccnc2)c1.[H-].[Na+]. The summed E-state index contributed by atoms with van der Waals surface area (Å²) in [5, 5.41) is 12.3. The Bertz CT molecular complexity index is 1220. The number of rotatable bonds is 5. The molecule has 0 bridgehead atoms. The van der Waals surface area contributed by atoms with Crippen molar-refractivity contribution in [1.29, 1.82) is 0 Å². The number of carboxylic acids is 1. The summed E-state index contributed by atoms with van der Waals surface area (Å²) in [7, 11) is 0. The van der Waals surface area contributed by atoms with E-state index in [9.17, 15) is 14.7 Å². The fraction of sp³-hybridized carbons (Fsp3) is 0. The summed E-state index contributed by atoms with van der Waals surface area (Å²) in [5.41, 5.74) is 3.85. The molecule has 0 saturated heterocycles. The van der Waals surface area contributed by atoms with Crippen LogP contribution in [0.5, 0.6) is 0 Å². The van der Waals surface area contributed by atoms with Gasteiger partial charge in [0, 0.05) is 35.9 Å². The molecule has 6 nitrogen and oxygen atoms in total. The second-order valence-electron chi connectivity index (χ2n) is 6.59. The molecule has 0 unspecified atom stereocenters. The van der Waals surface area contributed by atoms with Crippen molar-refractivity contribution in [3.8, 4) is 22.3 Å². The third-order valence-corrected chi connectivity index (χ3v) is 4.60. The average molecular weight is 419 g/mol. The molecule has 2 aromatic carbocycles. The van der Waals surface area contributed by atoms with Gasteiger partial charge in [0.2, 0.25) is 0 Å². The Morgan fingerprint density at radius 3 is 2.23 bits per heavy atom. The van der Waals surface area contributed by atoms with Gasteiger partial charge in [-0.25, -0.2) is 4.79 Å². The van der Waals surface area contributed by atoms with E-state index in [1.54, 1.807) is 42.9 Å². The molecule has 0 aliphatic carbocycles. The molecule has 2 aromatic heterocycles. The topological polar surface area (TPSA) is 92.2 Å². The van der Waals surface area contributed by atoms with Crippen molar-refractivity contribution in [1.82, 2.24) is 9.97 Å². The minimum absolute atomic E-state index is 0. The van der Waals surface area contributed by atoms with Crippen molar-refractivity contribution < 1.29 is 45.7 Å². The van der Waals surface area contributed by atoms with E-state index >= 15 is 0 Å². The van der Waals surface area contributed by atoms with Gasteiger partial charge in [-0.1, -0.05) is 42.5 Å². The number of aromatic nitrogens is 2. The molecule has 31 heavy (non-hydrogen) atoms. The maximum absolute atomic E-state index is 12.9. The van der Waals surface area contributed by atoms with Gasteiger partial charge in [0.15, 0.2) is 0 Å². The van der Waals surface area contributed by atoms with Crippen LogP contribution in [0.15, 0.2) is 91.5 Å². The van der Waals surface area contributed by atoms with Crippen LogP contribution in [-0.4, -0.2) is 27.0 Å². The van der Waals surface area contributed by atoms with E-state index in [4.69, 9.17) is 0 Å². The molecule has 0 atom stereocenters. The fourth-order valence-electron chi connectivity index (χ4n) is 3.09. The number of amides is 1. The molecule has 7 heteroatoms. The van der Waals surface area contributed by atoms with E-state index in [0.29, 0.717) is 5.56 Å². The molecule has 2 N–H and O–H groups in total. The van der Waals surface area contributed by atoms with E-state index in [0.717, 1.165) is 22.3 Å². The zero-order chi connectivity index (χ0) is 20.9. The van der Waals surface area contributed by atoms with Gasteiger partial charge in [-0.2, -0.15) is 0 Å². The molecule has 4 rings (SSSR count). The van der Waals surface area contributed by atoms with Gasteiger partial charge in [0.05, 0.1) is 16.8 Å². The third kappa shape index (κ3) is 5.24. The number of hydrogen-bond donors (Lipinski definition) is 2. The second kappa shape index (κ2) is 10.1. The second-order valence-corrected chi connectivity index (χ2v) is 6.59. The molecule has 4 aromatic rings. The predicted molar refractivity (Wildman–Crippen MR) is 115 cm³/mol. The summed E-state index contributed by atoms with van der Waals surface area (Å²) in [6.45, 7) is 0. The van der Waals surface area contributed by atoms with Gasteiger partial charge < -0.3 is 11.8 Å². The van der Waals surface area contributed by atoms with E-state index in [1.165, 1.54) is 12.3 Å². The monoisotopic (exact) mass is 419 g/mol. The molecule has 0 saturated carbocycles. The van der Waals surface area contributed by atoms with Gasteiger partial charge in [0.1, 0.15) is 0 Å². The number of nitrogens with zero attached hydrogens (tertiary/aromatic N) is 2. The molecule has 0 fully saturated rings. The Kier molecular flexibility index (Phi) is 7.31. The smallest absolute Gasteiger partial charge is 1.00 e. The van der Waals surface area contributed by atoms with E-state index < -0.39 is 11.9 Å². The number of aromatic carboxylic acids is 1. The van der Waals surface area contributed by atoms with Crippen molar-refractivity contribution in [2.24, 2.45) is 0 Å². The van der Waals surface area contributed by atoms with E-state index in [2.05, 4.69) is 15.3 Å². The number of carbonyl (C=O) groups excluding carboxylic acids is 1. The Morgan fingerprint density at radius 1 is 0.774 bits per heavy atom. The maximum Gasteiger partial charge on any atom is 1.00 e. The van der Waals surface area contributed by atoms with Gasteiger partial charge in [-0.15, -0.1) is 0 Å². The molecule has 0 aliphatic rings. The summed E-state index contributed by atoms with van der Waals surface area (Å²) in [6.07, 6.45) is 6.44. The normalized spacial score (nSPS) is 10.1. The first-order chi connectivity index (χ1) is 14.6. The van der Waals surface area contributed by atoms with Crippen molar-refractivity contribution >= 4 is 17.6 Å². The summed E-state index contributed by atoms with van der Waals surface area (Å²) in [5.74, 6) is -1.56. The predicted octanol–water partition coefficient (Wildman–Crippen LogP) is 1.88. The fourth-order valence-corrected chi connectivity index (χ4v) is 3.09. The summed E-state index contributed by atoms with van der Waals surface area (Å²) >= 11 is 0. The quantitative estimate of drug-likeness (QED) is 0.482. The van der Waals surface area contributed by atoms with Crippen LogP contribution in [0.3, 0.4) is 0 Å². The molecule has 2 heterocycles. The first-order valence-corrected chi connectivity index (χ1v) is 9.21. The minimum Gasteiger partial charge on any atom is -1.00 e. The van der Waals surface area contributed by atoms with E-state index in [1.807, 2.05) is 36.4 Å². The molecule has 148 valence electrons. The average Bonchev–Trinajstić information content (AvgIpc) is 2.80. The van der Waals surface area contributed by atoms with E-state index in [-0.39, 0.29) is 42.2 Å². The van der Waals surface area contributed by atoms with Crippen LogP contribution in [0.4, 0.5) is 5.69 Å². The molecule has 0 radical (unpaired) electrons. The molecule has 0 spiro atoms. The van der Waals surface area contributed by atoms with Crippen LogP contribution in [0, 0.1) is 0 Å². The number of anilines is 1. The van der Waals surface area contributed by atoms with Gasteiger partial charge in [-0.05, 0) is 35.4 Å². The van der Waals surface area contributed by atoms with Crippen LogP contribution in [0.1, 0.15) is 22.1 Å². The third-order valence-electron chi connectivity index (χ3n) is 4.60. The van der Waals surface area contributed by atoms with Crippen LogP contribution in [0.25, 0.3) is 22.3 Å². The van der Waals surface area contributed by atoms with Crippen LogP contribution in [0.2, 0.25) is 0 Å². The van der Waals surface area contributed by atoms with Crippen LogP contribution < -0.4 is 34.9 Å². The van der Waals surface area contributed by atoms with Crippen molar-refractivity contribution in [2.45, 2.75) is 0 Å². The Morgan fingerprint density at radius 2 is 1.52 bits per heavy atom. The number of pyridine rings is 2. The van der Waals surface area contributed by atoms with Crippen molar-refractivity contribution in [2.75, 3.05) is 5.32 Å². The first-order valence-electron chi connectivity index (χ1n) is 9.21. The van der Waals surface area contributed by atoms with Crippen molar-refractivity contribution in [3.05, 3.63) is 103 Å². The van der Waals surface area contributed by atoms with Gasteiger partial charge in [0.25, 0.3) is 5.91 Å². The molecular weight excluding hydrogens is 401 g/mol. The van der Waals surface area contributed by atoms with Crippen LogP contribution >= 0.6 is 0 Å². The Hall–Kier alpha value is -3.32. The number of carbonyl (C=O) groups is 2. The Labute approximate surface area is 202 Å². The first kappa shape index (κ1) is 22.4. The molecular formula is C24H18N3NaO3. The maximum atomic E-state index is 12.9. The summed E-state index contributed by atoms with van der Waals surface area (Å²) in [6, 6.07) is 19.8. The number of nitrogens with one attached hydrogen (secondary N) is 1. The van der Waals surface area contributed by atoms with Crippen molar-refractivity contribution in [3.63, 3.8) is 0 Å². The molecule has 1 amide bonds. The Balaban J connectivity index is 0.00000181. The number of benzene rings is 2. The number of carboxylic acid groups (broad SMARTS) is 1. The largest absolute Gasteiger partial charge is 1.00 e. The van der Waals surface area contributed by atoms with Gasteiger partial charge >= 0.3 is 35.5 Å². The van der Waals surface area contributed by atoms with Crippen LogP contribution in [-0.2, 0) is 0 Å². The molecule has 0 aliphatic heterocycles. The minimum atomic E-state index is -1.12. The van der Waals surface area contributed by atoms with Gasteiger partial charge in [-0.3, -0.25) is 14.8 Å². The standard InChI is InChI=1S/C24H17N3O3.Na.H/c28-23(20-11-19(14-26-15-20)18-7-4-10-25-13-18)27-22-12-17(8-9-21(22)24(29)30)16-5-2-1-3-6-16;;/h1-15H,(H,27,28)(H,29,30);;/q;+1;-1. The zero-order valence-corrected chi connectivity index (χ0v) is 18.8. The zero-order valence-electron chi connectivity index (χ0n) is 17.8. The summed E-state index contributed by atoms with van der Waals surface area (Å²) < 4.78 is 0.